The molecule has 0 radical (unpaired) electrons. The summed E-state index contributed by atoms with van der Waals surface area (Å²) in [5.41, 5.74) is 0.631. The minimum Gasteiger partial charge on any atom is -0.339 e. The molecule has 0 aliphatic carbocycles. The number of nitrogens with one attached hydrogen (secondary N) is 1. The summed E-state index contributed by atoms with van der Waals surface area (Å²) in [4.78, 5) is 19.1. The largest absolute Gasteiger partial charge is 0.339 e. The lowest BCUT2D eigenvalue weighted by Crippen LogP contribution is -2.46. The molecular weight excluding hydrogens is 426 g/mol. The van der Waals surface area contributed by atoms with E-state index in [-0.39, 0.29) is 28.4 Å². The zero-order valence-corrected chi connectivity index (χ0v) is 17.6. The van der Waals surface area contributed by atoms with Crippen molar-refractivity contribution < 1.29 is 18.1 Å². The highest BCUT2D eigenvalue weighted by molar-refractivity contribution is 6.30. The molecule has 31 heavy (non-hydrogen) atoms. The smallest absolute Gasteiger partial charge is 0.241 e. The van der Waals surface area contributed by atoms with Crippen LogP contribution in [0.2, 0.25) is 5.02 Å². The number of carbonyl (C=O) groups is 1. The Kier molecular flexibility index (Phi) is 6.29. The molecule has 1 amide bonds. The summed E-state index contributed by atoms with van der Waals surface area (Å²) >= 11 is 5.76. The summed E-state index contributed by atoms with van der Waals surface area (Å²) < 4.78 is 32.9. The molecule has 162 valence electrons. The van der Waals surface area contributed by atoms with E-state index in [1.165, 1.54) is 24.3 Å². The van der Waals surface area contributed by atoms with E-state index in [0.29, 0.717) is 23.8 Å². The number of hydrogen-bond acceptors (Lipinski definition) is 5. The van der Waals surface area contributed by atoms with Crippen LogP contribution in [0, 0.1) is 11.6 Å². The molecule has 6 nitrogen and oxygen atoms in total. The van der Waals surface area contributed by atoms with Crippen LogP contribution in [-0.4, -0.2) is 40.1 Å². The first-order chi connectivity index (χ1) is 14.9. The molecular formula is C22H21ClF2N4O2. The van der Waals surface area contributed by atoms with Gasteiger partial charge in [0, 0.05) is 17.1 Å². The van der Waals surface area contributed by atoms with Gasteiger partial charge in [0.05, 0.1) is 17.6 Å². The van der Waals surface area contributed by atoms with E-state index >= 15 is 0 Å². The molecule has 4 rings (SSSR count). The number of rotatable bonds is 5. The second-order valence-electron chi connectivity index (χ2n) is 7.59. The van der Waals surface area contributed by atoms with Crippen LogP contribution in [0.1, 0.15) is 31.6 Å². The van der Waals surface area contributed by atoms with Gasteiger partial charge in [0.15, 0.2) is 0 Å². The van der Waals surface area contributed by atoms with Gasteiger partial charge in [0.1, 0.15) is 11.6 Å². The SMILES string of the molecule is CC(C(=O)Nc1ccc(Cl)cc1F)N1CCCC(c2nc(-c3cccc(F)c3)no2)C1. The third-order valence-electron chi connectivity index (χ3n) is 5.44. The second kappa shape index (κ2) is 9.11. The van der Waals surface area contributed by atoms with Crippen molar-refractivity contribution in [2.45, 2.75) is 31.7 Å². The summed E-state index contributed by atoms with van der Waals surface area (Å²) in [6.07, 6.45) is 1.68. The first-order valence-electron chi connectivity index (χ1n) is 10.00. The van der Waals surface area contributed by atoms with Crippen LogP contribution in [-0.2, 0) is 4.79 Å². The van der Waals surface area contributed by atoms with Gasteiger partial charge in [0.25, 0.3) is 0 Å². The predicted molar refractivity (Wildman–Crippen MR) is 113 cm³/mol. The third-order valence-corrected chi connectivity index (χ3v) is 5.68. The zero-order valence-electron chi connectivity index (χ0n) is 16.8. The maximum Gasteiger partial charge on any atom is 0.241 e. The molecule has 0 bridgehead atoms. The van der Waals surface area contributed by atoms with Gasteiger partial charge in [-0.25, -0.2) is 8.78 Å². The van der Waals surface area contributed by atoms with E-state index in [1.807, 2.05) is 4.90 Å². The molecule has 1 fully saturated rings. The van der Waals surface area contributed by atoms with Crippen LogP contribution >= 0.6 is 11.6 Å². The molecule has 2 aromatic carbocycles. The second-order valence-corrected chi connectivity index (χ2v) is 8.03. The third kappa shape index (κ3) is 4.91. The number of aromatic nitrogens is 2. The van der Waals surface area contributed by atoms with Gasteiger partial charge in [-0.2, -0.15) is 4.98 Å². The highest BCUT2D eigenvalue weighted by atomic mass is 35.5. The Morgan fingerprint density at radius 3 is 2.90 bits per heavy atom. The van der Waals surface area contributed by atoms with Crippen LogP contribution in [0.25, 0.3) is 11.4 Å². The van der Waals surface area contributed by atoms with E-state index in [1.54, 1.807) is 19.1 Å². The molecule has 1 aromatic heterocycles. The van der Waals surface area contributed by atoms with E-state index in [9.17, 15) is 13.6 Å². The van der Waals surface area contributed by atoms with E-state index in [4.69, 9.17) is 16.1 Å². The number of hydrogen-bond donors (Lipinski definition) is 1. The van der Waals surface area contributed by atoms with Crippen LogP contribution < -0.4 is 5.32 Å². The van der Waals surface area contributed by atoms with Gasteiger partial charge in [-0.1, -0.05) is 28.9 Å². The van der Waals surface area contributed by atoms with Crippen molar-refractivity contribution in [3.8, 4) is 11.4 Å². The normalized spacial score (nSPS) is 18.0. The molecule has 2 atom stereocenters. The van der Waals surface area contributed by atoms with E-state index in [0.717, 1.165) is 25.5 Å². The molecule has 1 saturated heterocycles. The predicted octanol–water partition coefficient (Wildman–Crippen LogP) is 4.87. The average molecular weight is 447 g/mol. The van der Waals surface area contributed by atoms with Gasteiger partial charge in [0.2, 0.25) is 17.6 Å². The standard InChI is InChI=1S/C22H21ClF2N4O2/c1-13(21(30)26-19-8-7-16(23)11-18(19)25)29-9-3-5-15(12-29)22-27-20(28-31-22)14-4-2-6-17(24)10-14/h2,4,6-8,10-11,13,15H,3,5,9,12H2,1H3,(H,26,30). The molecule has 1 aliphatic rings. The number of nitrogens with zero attached hydrogens (tertiary/aromatic N) is 3. The molecule has 0 saturated carbocycles. The summed E-state index contributed by atoms with van der Waals surface area (Å²) in [5, 5.41) is 6.86. The topological polar surface area (TPSA) is 71.3 Å². The van der Waals surface area contributed by atoms with Gasteiger partial charge >= 0.3 is 0 Å². The lowest BCUT2D eigenvalue weighted by molar-refractivity contribution is -0.121. The Hall–Kier alpha value is -2.84. The van der Waals surface area contributed by atoms with Crippen LogP contribution in [0.15, 0.2) is 47.0 Å². The number of carbonyl (C=O) groups excluding carboxylic acids is 1. The van der Waals surface area contributed by atoms with Gasteiger partial charge in [-0.05, 0) is 56.6 Å². The number of anilines is 1. The minimum atomic E-state index is -0.583. The van der Waals surface area contributed by atoms with Crippen molar-refractivity contribution in [3.05, 3.63) is 65.0 Å². The molecule has 0 spiro atoms. The van der Waals surface area contributed by atoms with Crippen molar-refractivity contribution >= 4 is 23.2 Å². The summed E-state index contributed by atoms with van der Waals surface area (Å²) in [6.45, 7) is 3.04. The summed E-state index contributed by atoms with van der Waals surface area (Å²) in [5.74, 6) is -0.528. The molecule has 9 heteroatoms. The maximum atomic E-state index is 14.0. The van der Waals surface area contributed by atoms with E-state index < -0.39 is 11.9 Å². The summed E-state index contributed by atoms with van der Waals surface area (Å²) in [7, 11) is 0. The average Bonchev–Trinajstić information content (AvgIpc) is 3.26. The molecule has 1 N–H and O–H groups in total. The van der Waals surface area contributed by atoms with Gasteiger partial charge in [-0.3, -0.25) is 9.69 Å². The molecule has 1 aliphatic heterocycles. The Labute approximate surface area is 183 Å². The van der Waals surface area contributed by atoms with E-state index in [2.05, 4.69) is 15.5 Å². The first-order valence-corrected chi connectivity index (χ1v) is 10.4. The fourth-order valence-electron chi connectivity index (χ4n) is 3.70. The Balaban J connectivity index is 1.43. The zero-order chi connectivity index (χ0) is 22.0. The fourth-order valence-corrected chi connectivity index (χ4v) is 3.86. The van der Waals surface area contributed by atoms with Gasteiger partial charge in [-0.15, -0.1) is 0 Å². The lowest BCUT2D eigenvalue weighted by atomic mass is 9.96. The monoisotopic (exact) mass is 446 g/mol. The number of halogens is 3. The Bertz CT molecular complexity index is 1090. The summed E-state index contributed by atoms with van der Waals surface area (Å²) in [6, 6.07) is 9.64. The van der Waals surface area contributed by atoms with Crippen molar-refractivity contribution in [1.29, 1.82) is 0 Å². The first kappa shape index (κ1) is 21.4. The minimum absolute atomic E-state index is 0.0499. The number of piperidine rings is 1. The Morgan fingerprint density at radius 2 is 2.13 bits per heavy atom. The van der Waals surface area contributed by atoms with Crippen molar-refractivity contribution in [1.82, 2.24) is 15.0 Å². The Morgan fingerprint density at radius 1 is 1.29 bits per heavy atom. The van der Waals surface area contributed by atoms with Crippen molar-refractivity contribution in [2.24, 2.45) is 0 Å². The highest BCUT2D eigenvalue weighted by Crippen LogP contribution is 2.29. The van der Waals surface area contributed by atoms with Crippen molar-refractivity contribution in [3.63, 3.8) is 0 Å². The molecule has 2 heterocycles. The maximum absolute atomic E-state index is 14.0. The highest BCUT2D eigenvalue weighted by Gasteiger charge is 2.31. The van der Waals surface area contributed by atoms with Crippen molar-refractivity contribution in [2.75, 3.05) is 18.4 Å². The van der Waals surface area contributed by atoms with Crippen LogP contribution in [0.5, 0.6) is 0 Å². The fraction of sp³-hybridized carbons (Fsp3) is 0.318. The van der Waals surface area contributed by atoms with Crippen LogP contribution in [0.4, 0.5) is 14.5 Å². The molecule has 2 unspecified atom stereocenters. The van der Waals surface area contributed by atoms with Crippen LogP contribution in [0.3, 0.4) is 0 Å². The molecule has 3 aromatic rings. The quantitative estimate of drug-likeness (QED) is 0.605. The van der Waals surface area contributed by atoms with Gasteiger partial charge < -0.3 is 9.84 Å². The number of likely N-dealkylation sites (tertiary alicyclic amines) is 1. The number of amides is 1. The number of benzene rings is 2. The lowest BCUT2D eigenvalue weighted by Gasteiger charge is -2.34.